The van der Waals surface area contributed by atoms with Gasteiger partial charge >= 0.3 is 0 Å². The predicted octanol–water partition coefficient (Wildman–Crippen LogP) is 4.88. The first-order valence-electron chi connectivity index (χ1n) is 5.10. The highest BCUT2D eigenvalue weighted by Gasteiger charge is 2.01. The van der Waals surface area contributed by atoms with Crippen LogP contribution in [0, 0.1) is 0 Å². The molecule has 0 saturated carbocycles. The molecule has 0 saturated heterocycles. The zero-order valence-corrected chi connectivity index (χ0v) is 15.4. The normalized spacial score (nSPS) is 10.0. The topological polar surface area (TPSA) is 24.1 Å². The number of thiocarbonyl (C=S) groups is 2. The molecule has 9 heteroatoms. The molecule has 0 aromatic carbocycles. The average molecular weight is 365 g/mol. The Labute approximate surface area is 133 Å². The second-order valence-corrected chi connectivity index (χ2v) is 11.6. The zero-order chi connectivity index (χ0) is 12.9. The molecule has 17 heavy (non-hydrogen) atoms. The second-order valence-electron chi connectivity index (χ2n) is 2.80. The van der Waals surface area contributed by atoms with E-state index in [9.17, 15) is 0 Å². The highest BCUT2D eigenvalue weighted by molar-refractivity contribution is 9.37. The van der Waals surface area contributed by atoms with E-state index < -0.39 is 0 Å². The Morgan fingerprint density at radius 3 is 1.59 bits per heavy atom. The van der Waals surface area contributed by atoms with Gasteiger partial charge in [0.25, 0.3) is 0 Å². The van der Waals surface area contributed by atoms with E-state index in [0.29, 0.717) is 0 Å². The monoisotopic (exact) mass is 364 g/mol. The molecule has 0 bridgehead atoms. The maximum atomic E-state index is 5.14. The van der Waals surface area contributed by atoms with Gasteiger partial charge in [-0.3, -0.25) is 0 Å². The average Bonchev–Trinajstić information content (AvgIpc) is 2.33. The maximum absolute atomic E-state index is 5.14. The summed E-state index contributed by atoms with van der Waals surface area (Å²) in [7, 11) is 8.18. The first-order valence-corrected chi connectivity index (χ1v) is 12.1. The van der Waals surface area contributed by atoms with E-state index in [1.165, 1.54) is 0 Å². The molecular weight excluding hydrogens is 349 g/mol. The van der Waals surface area contributed by atoms with Crippen molar-refractivity contribution in [3.8, 4) is 0 Å². The van der Waals surface area contributed by atoms with Crippen LogP contribution in [0.25, 0.3) is 0 Å². The Hall–Kier alpha value is 1.53. The molecule has 0 aromatic heterocycles. The summed E-state index contributed by atoms with van der Waals surface area (Å²) in [6.45, 7) is 6.14. The first kappa shape index (κ1) is 18.5. The van der Waals surface area contributed by atoms with Crippen LogP contribution in [-0.4, -0.2) is 21.7 Å². The summed E-state index contributed by atoms with van der Waals surface area (Å²) in [5.74, 6) is 0. The Kier molecular flexibility index (Phi) is 15.2. The van der Waals surface area contributed by atoms with Crippen LogP contribution >= 0.6 is 75.5 Å². The molecule has 0 radical (unpaired) electrons. The lowest BCUT2D eigenvalue weighted by Crippen LogP contribution is -2.17. The van der Waals surface area contributed by atoms with Crippen molar-refractivity contribution in [2.75, 3.05) is 13.1 Å². The van der Waals surface area contributed by atoms with E-state index in [4.69, 9.17) is 24.4 Å². The highest BCUT2D eigenvalue weighted by atomic mass is 33.8. The molecule has 0 aliphatic carbocycles. The highest BCUT2D eigenvalue weighted by Crippen LogP contribution is 2.48. The number of hydrogen-bond acceptors (Lipinski definition) is 7. The van der Waals surface area contributed by atoms with Crippen LogP contribution < -0.4 is 10.6 Å². The third kappa shape index (κ3) is 13.8. The van der Waals surface area contributed by atoms with Gasteiger partial charge in [-0.2, -0.15) is 0 Å². The second kappa shape index (κ2) is 14.0. The minimum absolute atomic E-state index is 0.849. The molecule has 0 aromatic rings. The van der Waals surface area contributed by atoms with Gasteiger partial charge in [0.15, 0.2) is 0 Å². The van der Waals surface area contributed by atoms with Crippen LogP contribution in [0.1, 0.15) is 26.7 Å². The quantitative estimate of drug-likeness (QED) is 0.354. The maximum Gasteiger partial charge on any atom is 0.145 e. The van der Waals surface area contributed by atoms with Crippen molar-refractivity contribution in [2.24, 2.45) is 0 Å². The first-order chi connectivity index (χ1) is 8.20. The van der Waals surface area contributed by atoms with Gasteiger partial charge in [-0.15, -0.1) is 0 Å². The third-order valence-corrected chi connectivity index (χ3v) is 10.5. The lowest BCUT2D eigenvalue weighted by molar-refractivity contribution is 0.855. The fraction of sp³-hybridized carbons (Fsp3) is 0.750. The molecule has 0 atom stereocenters. The van der Waals surface area contributed by atoms with E-state index in [-0.39, 0.29) is 0 Å². The summed E-state index contributed by atoms with van der Waals surface area (Å²) in [5.41, 5.74) is 0. The fourth-order valence-corrected chi connectivity index (χ4v) is 9.57. The lowest BCUT2D eigenvalue weighted by Gasteiger charge is -2.05. The minimum Gasteiger partial charge on any atom is -0.370 e. The van der Waals surface area contributed by atoms with Crippen molar-refractivity contribution in [1.82, 2.24) is 10.6 Å². The molecule has 0 fully saturated rings. The summed E-state index contributed by atoms with van der Waals surface area (Å²) in [4.78, 5) is 0. The number of nitrogens with one attached hydrogen (secondary N) is 2. The van der Waals surface area contributed by atoms with Gasteiger partial charge in [-0.05, 0) is 63.9 Å². The van der Waals surface area contributed by atoms with Gasteiger partial charge in [0.05, 0.1) is 0 Å². The standard InChI is InChI=1S/C8H16N2S7/c1-3-5-9-7(11)13-15-17-16-14-8(12)10-6-4-2/h3-6H2,1-2H3,(H,9,11)(H,10,12). The SMILES string of the molecule is CCCNC(=S)SSSSSC(=S)NCCC. The molecule has 0 unspecified atom stereocenters. The van der Waals surface area contributed by atoms with E-state index in [1.807, 2.05) is 0 Å². The lowest BCUT2D eigenvalue weighted by atomic mass is 10.5. The van der Waals surface area contributed by atoms with E-state index in [0.717, 1.165) is 34.6 Å². The summed E-state index contributed by atoms with van der Waals surface area (Å²) < 4.78 is 1.70. The Bertz CT molecular complexity index is 202. The minimum atomic E-state index is 0.849. The third-order valence-electron chi connectivity index (χ3n) is 1.31. The zero-order valence-electron chi connectivity index (χ0n) is 9.69. The predicted molar refractivity (Wildman–Crippen MR) is 99.7 cm³/mol. The van der Waals surface area contributed by atoms with Gasteiger partial charge in [-0.1, -0.05) is 38.3 Å². The Morgan fingerprint density at radius 1 is 0.824 bits per heavy atom. The molecule has 0 aliphatic heterocycles. The molecule has 2 nitrogen and oxygen atoms in total. The molecule has 0 heterocycles. The van der Waals surface area contributed by atoms with Gasteiger partial charge in [0.2, 0.25) is 0 Å². The molecule has 100 valence electrons. The van der Waals surface area contributed by atoms with Crippen molar-refractivity contribution >= 4 is 84.1 Å². The van der Waals surface area contributed by atoms with Crippen molar-refractivity contribution in [3.05, 3.63) is 0 Å². The molecule has 2 N–H and O–H groups in total. The largest absolute Gasteiger partial charge is 0.370 e. The van der Waals surface area contributed by atoms with Crippen LogP contribution in [0.3, 0.4) is 0 Å². The van der Waals surface area contributed by atoms with Gasteiger partial charge < -0.3 is 10.6 Å². The van der Waals surface area contributed by atoms with E-state index in [2.05, 4.69) is 24.5 Å². The smallest absolute Gasteiger partial charge is 0.145 e. The van der Waals surface area contributed by atoms with Gasteiger partial charge in [-0.25, -0.2) is 0 Å². The van der Waals surface area contributed by atoms with Crippen LogP contribution in [0.15, 0.2) is 0 Å². The van der Waals surface area contributed by atoms with E-state index >= 15 is 0 Å². The van der Waals surface area contributed by atoms with Gasteiger partial charge in [0, 0.05) is 13.1 Å². The molecule has 0 rings (SSSR count). The van der Waals surface area contributed by atoms with Crippen molar-refractivity contribution in [3.63, 3.8) is 0 Å². The van der Waals surface area contributed by atoms with Crippen molar-refractivity contribution in [2.45, 2.75) is 26.7 Å². The summed E-state index contributed by atoms with van der Waals surface area (Å²) >= 11 is 10.3. The molecule has 0 spiro atoms. The Balaban J connectivity index is 3.28. The fourth-order valence-electron chi connectivity index (χ4n) is 0.614. The summed E-state index contributed by atoms with van der Waals surface area (Å²) in [6.07, 6.45) is 2.20. The molecule has 0 aliphatic rings. The van der Waals surface area contributed by atoms with Crippen LogP contribution in [-0.2, 0) is 0 Å². The van der Waals surface area contributed by atoms with E-state index in [1.54, 1.807) is 51.1 Å². The van der Waals surface area contributed by atoms with Crippen molar-refractivity contribution < 1.29 is 0 Å². The summed E-state index contributed by atoms with van der Waals surface area (Å²) in [6, 6.07) is 0. The van der Waals surface area contributed by atoms with Crippen LogP contribution in [0.4, 0.5) is 0 Å². The number of hydrogen-bond donors (Lipinski definition) is 2. The number of rotatable bonds is 8. The van der Waals surface area contributed by atoms with Crippen molar-refractivity contribution in [1.29, 1.82) is 0 Å². The summed E-state index contributed by atoms with van der Waals surface area (Å²) in [5, 5.41) is 6.33. The van der Waals surface area contributed by atoms with Crippen LogP contribution in [0.2, 0.25) is 0 Å². The Morgan fingerprint density at radius 2 is 1.24 bits per heavy atom. The van der Waals surface area contributed by atoms with Gasteiger partial charge in [0.1, 0.15) is 8.64 Å². The molecule has 0 amide bonds. The molecular formula is C8H16N2S7. The van der Waals surface area contributed by atoms with Crippen LogP contribution in [0.5, 0.6) is 0 Å².